The molecule has 0 bridgehead atoms. The maximum absolute atomic E-state index is 14.3. The highest BCUT2D eigenvalue weighted by atomic mass is 32.2. The summed E-state index contributed by atoms with van der Waals surface area (Å²) in [6.07, 6.45) is 1.66. The van der Waals surface area contributed by atoms with E-state index in [1.54, 1.807) is 6.07 Å². The highest BCUT2D eigenvalue weighted by Gasteiger charge is 2.28. The largest absolute Gasteiger partial charge is 0.465 e. The molecule has 2 aromatic heterocycles. The normalized spacial score (nSPS) is 11.3. The topological polar surface area (TPSA) is 109 Å². The summed E-state index contributed by atoms with van der Waals surface area (Å²) in [5, 5.41) is 11.2. The van der Waals surface area contributed by atoms with Gasteiger partial charge in [0.1, 0.15) is 11.5 Å². The van der Waals surface area contributed by atoms with Crippen molar-refractivity contribution in [3.63, 3.8) is 0 Å². The molecule has 0 atom stereocenters. The van der Waals surface area contributed by atoms with Crippen molar-refractivity contribution in [2.45, 2.75) is 15.5 Å². The smallest absolute Gasteiger partial charge is 0.404 e. The van der Waals surface area contributed by atoms with Gasteiger partial charge in [0.05, 0.1) is 9.90 Å². The number of carboxylic acid groups (broad SMARTS) is 1. The molecular formula is C17H14FN3O4S2. The highest BCUT2D eigenvalue weighted by molar-refractivity contribution is 7.93. The fourth-order valence-corrected chi connectivity index (χ4v) is 5.26. The first kappa shape index (κ1) is 18.9. The number of halogens is 1. The molecule has 3 rings (SSSR count). The van der Waals surface area contributed by atoms with E-state index in [1.165, 1.54) is 42.7 Å². The van der Waals surface area contributed by atoms with E-state index in [-0.39, 0.29) is 33.3 Å². The van der Waals surface area contributed by atoms with Crippen LogP contribution in [0.5, 0.6) is 0 Å². The first-order valence-electron chi connectivity index (χ1n) is 7.76. The molecule has 0 fully saturated rings. The minimum Gasteiger partial charge on any atom is -0.465 e. The molecule has 0 saturated carbocycles. The third-order valence-corrected chi connectivity index (χ3v) is 6.93. The Morgan fingerprint density at radius 3 is 2.67 bits per heavy atom. The van der Waals surface area contributed by atoms with Crippen LogP contribution in [-0.2, 0) is 16.3 Å². The summed E-state index contributed by atoms with van der Waals surface area (Å²) in [7, 11) is -3.96. The van der Waals surface area contributed by atoms with Crippen LogP contribution in [0.15, 0.2) is 57.9 Å². The summed E-state index contributed by atoms with van der Waals surface area (Å²) in [5.74, 6) is -0.597. The number of carbonyl (C=O) groups is 1. The molecular weight excluding hydrogens is 393 g/mol. The van der Waals surface area contributed by atoms with Crippen LogP contribution in [0.1, 0.15) is 5.01 Å². The third kappa shape index (κ3) is 4.12. The van der Waals surface area contributed by atoms with Crippen LogP contribution < -0.4 is 5.32 Å². The van der Waals surface area contributed by atoms with Gasteiger partial charge in [0.15, 0.2) is 4.21 Å². The second kappa shape index (κ2) is 7.80. The Labute approximate surface area is 158 Å². The molecule has 0 aliphatic carbocycles. The maximum atomic E-state index is 14.3. The standard InChI is InChI=1S/C17H14FN3O4S2/c18-13-6-2-1-5-12(13)15-16(26-14(21-15)7-9-20-17(22)23)27(24,25)11-4-3-8-19-10-11/h1-6,8,10,20H,7,9H2,(H,22,23). The van der Waals surface area contributed by atoms with Gasteiger partial charge >= 0.3 is 6.09 Å². The fourth-order valence-electron chi connectivity index (χ4n) is 2.35. The van der Waals surface area contributed by atoms with Crippen molar-refractivity contribution in [1.29, 1.82) is 0 Å². The number of benzene rings is 1. The molecule has 10 heteroatoms. The first-order valence-corrected chi connectivity index (χ1v) is 10.1. The van der Waals surface area contributed by atoms with E-state index in [0.29, 0.717) is 5.01 Å². The number of hydrogen-bond donors (Lipinski definition) is 2. The van der Waals surface area contributed by atoms with Gasteiger partial charge in [0, 0.05) is 30.9 Å². The van der Waals surface area contributed by atoms with Gasteiger partial charge in [0.25, 0.3) is 0 Å². The molecule has 1 aromatic carbocycles. The third-order valence-electron chi connectivity index (χ3n) is 3.57. The molecule has 0 aliphatic heterocycles. The Morgan fingerprint density at radius 2 is 2.00 bits per heavy atom. The Bertz CT molecular complexity index is 1070. The predicted octanol–water partition coefficient (Wildman–Crippen LogP) is 2.99. The number of hydrogen-bond acceptors (Lipinski definition) is 6. The number of nitrogens with zero attached hydrogens (tertiary/aromatic N) is 2. The average Bonchev–Trinajstić information content (AvgIpc) is 3.07. The lowest BCUT2D eigenvalue weighted by Crippen LogP contribution is -2.23. The molecule has 27 heavy (non-hydrogen) atoms. The number of aromatic nitrogens is 2. The molecule has 0 radical (unpaired) electrons. The van der Waals surface area contributed by atoms with Gasteiger partial charge < -0.3 is 10.4 Å². The van der Waals surface area contributed by atoms with Crippen LogP contribution >= 0.6 is 11.3 Å². The molecule has 2 heterocycles. The highest BCUT2D eigenvalue weighted by Crippen LogP contribution is 2.36. The zero-order valence-electron chi connectivity index (χ0n) is 13.8. The number of rotatable bonds is 6. The zero-order valence-corrected chi connectivity index (χ0v) is 15.4. The molecule has 140 valence electrons. The minimum absolute atomic E-state index is 0.00674. The van der Waals surface area contributed by atoms with E-state index in [1.807, 2.05) is 0 Å². The number of nitrogens with one attached hydrogen (secondary N) is 1. The Hall–Kier alpha value is -2.85. The lowest BCUT2D eigenvalue weighted by atomic mass is 10.1. The van der Waals surface area contributed by atoms with Crippen molar-refractivity contribution >= 4 is 27.3 Å². The maximum Gasteiger partial charge on any atom is 0.404 e. The summed E-state index contributed by atoms with van der Waals surface area (Å²) in [6.45, 7) is 0.0614. The summed E-state index contributed by atoms with van der Waals surface area (Å²) in [5.41, 5.74) is 0.0703. The van der Waals surface area contributed by atoms with Gasteiger partial charge in [0.2, 0.25) is 9.84 Å². The van der Waals surface area contributed by atoms with Crippen molar-refractivity contribution in [2.75, 3.05) is 6.54 Å². The van der Waals surface area contributed by atoms with Gasteiger partial charge in [-0.15, -0.1) is 11.3 Å². The lowest BCUT2D eigenvalue weighted by molar-refractivity contribution is 0.194. The molecule has 1 amide bonds. The van der Waals surface area contributed by atoms with Crippen molar-refractivity contribution in [2.24, 2.45) is 0 Å². The molecule has 7 nitrogen and oxygen atoms in total. The van der Waals surface area contributed by atoms with Crippen molar-refractivity contribution in [3.05, 3.63) is 59.6 Å². The molecule has 0 saturated heterocycles. The summed E-state index contributed by atoms with van der Waals surface area (Å²) in [6, 6.07) is 8.65. The quantitative estimate of drug-likeness (QED) is 0.650. The molecule has 3 aromatic rings. The first-order chi connectivity index (χ1) is 12.9. The van der Waals surface area contributed by atoms with E-state index < -0.39 is 21.7 Å². The van der Waals surface area contributed by atoms with Gasteiger partial charge in [-0.2, -0.15) is 0 Å². The Balaban J connectivity index is 2.10. The van der Waals surface area contributed by atoms with Gasteiger partial charge in [-0.3, -0.25) is 4.98 Å². The van der Waals surface area contributed by atoms with Crippen LogP contribution in [0.25, 0.3) is 11.3 Å². The van der Waals surface area contributed by atoms with E-state index in [4.69, 9.17) is 5.11 Å². The summed E-state index contributed by atoms with van der Waals surface area (Å²) in [4.78, 5) is 18.7. The second-order valence-corrected chi connectivity index (χ2v) is 8.63. The van der Waals surface area contributed by atoms with Crippen LogP contribution in [0.4, 0.5) is 9.18 Å². The minimum atomic E-state index is -3.96. The zero-order chi connectivity index (χ0) is 19.4. The van der Waals surface area contributed by atoms with Gasteiger partial charge in [-0.05, 0) is 24.3 Å². The van der Waals surface area contributed by atoms with Crippen LogP contribution in [0.2, 0.25) is 0 Å². The number of sulfone groups is 1. The lowest BCUT2D eigenvalue weighted by Gasteiger charge is -2.05. The van der Waals surface area contributed by atoms with E-state index >= 15 is 0 Å². The second-order valence-electron chi connectivity index (χ2n) is 5.40. The van der Waals surface area contributed by atoms with E-state index in [0.717, 1.165) is 11.3 Å². The molecule has 0 spiro atoms. The number of thiazole rings is 1. The van der Waals surface area contributed by atoms with Gasteiger partial charge in [-0.25, -0.2) is 22.6 Å². The van der Waals surface area contributed by atoms with Gasteiger partial charge in [-0.1, -0.05) is 12.1 Å². The summed E-state index contributed by atoms with van der Waals surface area (Å²) >= 11 is 0.890. The van der Waals surface area contributed by atoms with Crippen molar-refractivity contribution in [3.8, 4) is 11.3 Å². The predicted molar refractivity (Wildman–Crippen MR) is 96.9 cm³/mol. The molecule has 2 N–H and O–H groups in total. The van der Waals surface area contributed by atoms with Crippen LogP contribution in [0, 0.1) is 5.82 Å². The SMILES string of the molecule is O=C(O)NCCc1nc(-c2ccccc2F)c(S(=O)(=O)c2cccnc2)s1. The van der Waals surface area contributed by atoms with Crippen molar-refractivity contribution in [1.82, 2.24) is 15.3 Å². The Morgan fingerprint density at radius 1 is 1.22 bits per heavy atom. The van der Waals surface area contributed by atoms with E-state index in [9.17, 15) is 17.6 Å². The molecule has 0 unspecified atom stereocenters. The Kier molecular flexibility index (Phi) is 5.47. The fraction of sp³-hybridized carbons (Fsp3) is 0.118. The molecule has 0 aliphatic rings. The monoisotopic (exact) mass is 407 g/mol. The number of pyridine rings is 1. The van der Waals surface area contributed by atoms with E-state index in [2.05, 4.69) is 15.3 Å². The number of amides is 1. The van der Waals surface area contributed by atoms with Crippen LogP contribution in [-0.4, -0.2) is 36.1 Å². The van der Waals surface area contributed by atoms with Crippen LogP contribution in [0.3, 0.4) is 0 Å². The summed E-state index contributed by atoms with van der Waals surface area (Å²) < 4.78 is 40.2. The average molecular weight is 407 g/mol. The van der Waals surface area contributed by atoms with Crippen molar-refractivity contribution < 1.29 is 22.7 Å².